The number of carbonyl (C=O) groups excluding carboxylic acids is 2. The number of phenols is 1. The van der Waals surface area contributed by atoms with E-state index in [9.17, 15) is 14.7 Å². The van der Waals surface area contributed by atoms with Gasteiger partial charge in [0.05, 0.1) is 17.7 Å². The quantitative estimate of drug-likeness (QED) is 0.544. The summed E-state index contributed by atoms with van der Waals surface area (Å²) < 4.78 is 6.58. The van der Waals surface area contributed by atoms with Crippen LogP contribution in [0.25, 0.3) is 0 Å². The molecule has 1 aliphatic heterocycles. The molecule has 9 heteroatoms. The maximum atomic E-state index is 13.3. The number of hydrogen-bond acceptors (Lipinski definition) is 7. The summed E-state index contributed by atoms with van der Waals surface area (Å²) in [5.74, 6) is -0.174. The molecule has 2 heterocycles. The number of hydrogen-bond donors (Lipinski definition) is 3. The van der Waals surface area contributed by atoms with Crippen LogP contribution < -0.4 is 10.6 Å². The Bertz CT molecular complexity index is 1170. The summed E-state index contributed by atoms with van der Waals surface area (Å²) in [5.41, 5.74) is 2.67. The zero-order chi connectivity index (χ0) is 22.0. The fourth-order valence-corrected chi connectivity index (χ4v) is 3.49. The first kappa shape index (κ1) is 20.1. The molecule has 0 fully saturated rings. The number of fused-ring (bicyclic) bond motifs is 1. The van der Waals surface area contributed by atoms with Crippen LogP contribution >= 0.6 is 0 Å². The zero-order valence-corrected chi connectivity index (χ0v) is 17.0. The third kappa shape index (κ3) is 3.97. The van der Waals surface area contributed by atoms with Crippen molar-refractivity contribution in [2.45, 2.75) is 19.9 Å². The van der Waals surface area contributed by atoms with Crippen molar-refractivity contribution < 1.29 is 19.4 Å². The molecule has 0 unspecified atom stereocenters. The molecule has 1 aromatic heterocycles. The molecule has 0 saturated carbocycles. The molecule has 3 aromatic rings. The van der Waals surface area contributed by atoms with Crippen molar-refractivity contribution in [3.63, 3.8) is 0 Å². The van der Waals surface area contributed by atoms with Gasteiger partial charge < -0.3 is 20.5 Å². The van der Waals surface area contributed by atoms with E-state index in [1.54, 1.807) is 61.0 Å². The van der Waals surface area contributed by atoms with E-state index in [4.69, 9.17) is 4.74 Å². The number of nitrogens with zero attached hydrogens (tertiary/aromatic N) is 3. The van der Waals surface area contributed by atoms with Gasteiger partial charge in [-0.05, 0) is 55.8 Å². The smallest absolute Gasteiger partial charge is 0.338 e. The normalized spacial score (nSPS) is 15.1. The van der Waals surface area contributed by atoms with E-state index in [0.29, 0.717) is 40.6 Å². The van der Waals surface area contributed by atoms with Crippen LogP contribution in [0, 0.1) is 0 Å². The highest BCUT2D eigenvalue weighted by atomic mass is 16.5. The Morgan fingerprint density at radius 3 is 2.71 bits per heavy atom. The maximum absolute atomic E-state index is 13.3. The van der Waals surface area contributed by atoms with Crippen molar-refractivity contribution in [1.29, 1.82) is 0 Å². The highest BCUT2D eigenvalue weighted by molar-refractivity contribution is 6.06. The Labute approximate surface area is 178 Å². The molecule has 0 saturated heterocycles. The van der Waals surface area contributed by atoms with E-state index in [2.05, 4.69) is 20.7 Å². The molecule has 1 aliphatic rings. The van der Waals surface area contributed by atoms with Crippen LogP contribution in [0.3, 0.4) is 0 Å². The van der Waals surface area contributed by atoms with Crippen LogP contribution in [0.15, 0.2) is 66.1 Å². The highest BCUT2D eigenvalue weighted by Crippen LogP contribution is 2.36. The lowest BCUT2D eigenvalue weighted by molar-refractivity contribution is -0.113. The number of nitrogens with one attached hydrogen (secondary N) is 2. The summed E-state index contributed by atoms with van der Waals surface area (Å²) >= 11 is 0. The number of rotatable bonds is 5. The number of anilines is 2. The van der Waals surface area contributed by atoms with Crippen LogP contribution in [-0.4, -0.2) is 38.4 Å². The van der Waals surface area contributed by atoms with Gasteiger partial charge in [-0.25, -0.2) is 9.48 Å². The minimum Gasteiger partial charge on any atom is -0.508 e. The Hall–Kier alpha value is -4.14. The Morgan fingerprint density at radius 2 is 2.00 bits per heavy atom. The number of phenolic OH excluding ortho intramolecular Hbond substituents is 1. The summed E-state index contributed by atoms with van der Waals surface area (Å²) in [6, 6.07) is 12.6. The van der Waals surface area contributed by atoms with Gasteiger partial charge in [-0.15, -0.1) is 0 Å². The predicted molar refractivity (Wildman–Crippen MR) is 114 cm³/mol. The topological polar surface area (TPSA) is 118 Å². The van der Waals surface area contributed by atoms with Crippen molar-refractivity contribution in [1.82, 2.24) is 14.8 Å². The third-order valence-corrected chi connectivity index (χ3v) is 4.88. The average Bonchev–Trinajstić information content (AvgIpc) is 3.21. The SMILES string of the molecule is CCOC(=O)c1ccc(NC(=O)C2=C(C)Nc3ncnn3[C@H]2c2cccc(O)c2)cc1. The number of aromatic hydroxyl groups is 1. The van der Waals surface area contributed by atoms with Crippen molar-refractivity contribution in [2.75, 3.05) is 17.2 Å². The summed E-state index contributed by atoms with van der Waals surface area (Å²) in [6.45, 7) is 3.81. The van der Waals surface area contributed by atoms with E-state index in [-0.39, 0.29) is 11.7 Å². The first-order valence-electron chi connectivity index (χ1n) is 9.72. The second-order valence-corrected chi connectivity index (χ2v) is 6.94. The first-order chi connectivity index (χ1) is 15.0. The molecule has 31 heavy (non-hydrogen) atoms. The van der Waals surface area contributed by atoms with Gasteiger partial charge in [0.25, 0.3) is 5.91 Å². The highest BCUT2D eigenvalue weighted by Gasteiger charge is 2.33. The molecule has 0 spiro atoms. The summed E-state index contributed by atoms with van der Waals surface area (Å²) in [5, 5.41) is 20.2. The molecule has 0 radical (unpaired) electrons. The van der Waals surface area contributed by atoms with E-state index in [1.807, 2.05) is 6.07 Å². The lowest BCUT2D eigenvalue weighted by Crippen LogP contribution is -2.31. The maximum Gasteiger partial charge on any atom is 0.338 e. The van der Waals surface area contributed by atoms with Gasteiger partial charge in [0.1, 0.15) is 18.1 Å². The summed E-state index contributed by atoms with van der Waals surface area (Å²) in [6.07, 6.45) is 1.40. The second-order valence-electron chi connectivity index (χ2n) is 6.94. The van der Waals surface area contributed by atoms with E-state index < -0.39 is 12.0 Å². The second kappa shape index (κ2) is 8.31. The standard InChI is InChI=1S/C22H21N5O4/c1-3-31-21(30)14-7-9-16(10-8-14)26-20(29)18-13(2)25-22-23-12-24-27(22)19(18)15-5-4-6-17(28)11-15/h4-12,19,28H,3H2,1-2H3,(H,26,29)(H,23,24,25)/t19-/m0/s1. The molecule has 158 valence electrons. The van der Waals surface area contributed by atoms with Crippen molar-refractivity contribution in [3.8, 4) is 5.75 Å². The molecule has 4 rings (SSSR count). The van der Waals surface area contributed by atoms with Gasteiger partial charge in [-0.3, -0.25) is 4.79 Å². The first-order valence-corrected chi connectivity index (χ1v) is 9.72. The average molecular weight is 419 g/mol. The number of amides is 1. The Kier molecular flexibility index (Phi) is 5.40. The van der Waals surface area contributed by atoms with Gasteiger partial charge in [0.2, 0.25) is 5.95 Å². The molecule has 1 atom stereocenters. The molecule has 0 bridgehead atoms. The van der Waals surface area contributed by atoms with Crippen LogP contribution in [0.2, 0.25) is 0 Å². The lowest BCUT2D eigenvalue weighted by Gasteiger charge is -2.28. The number of ether oxygens (including phenoxy) is 1. The fraction of sp³-hybridized carbons (Fsp3) is 0.182. The van der Waals surface area contributed by atoms with Crippen LogP contribution in [0.4, 0.5) is 11.6 Å². The van der Waals surface area contributed by atoms with Gasteiger partial charge in [0.15, 0.2) is 0 Å². The minimum absolute atomic E-state index is 0.0877. The fourth-order valence-electron chi connectivity index (χ4n) is 3.49. The van der Waals surface area contributed by atoms with Crippen LogP contribution in [0.5, 0.6) is 5.75 Å². The number of esters is 1. The van der Waals surface area contributed by atoms with Gasteiger partial charge in [-0.2, -0.15) is 10.1 Å². The monoisotopic (exact) mass is 419 g/mol. The number of allylic oxidation sites excluding steroid dienone is 1. The number of aromatic nitrogens is 3. The molecule has 9 nitrogen and oxygen atoms in total. The van der Waals surface area contributed by atoms with Gasteiger partial charge >= 0.3 is 5.97 Å². The molecular formula is C22H21N5O4. The van der Waals surface area contributed by atoms with E-state index in [1.165, 1.54) is 6.33 Å². The zero-order valence-electron chi connectivity index (χ0n) is 17.0. The van der Waals surface area contributed by atoms with Crippen LogP contribution in [-0.2, 0) is 9.53 Å². The number of benzene rings is 2. The van der Waals surface area contributed by atoms with Crippen molar-refractivity contribution in [3.05, 3.63) is 77.3 Å². The molecule has 2 aromatic carbocycles. The van der Waals surface area contributed by atoms with Gasteiger partial charge in [0, 0.05) is 11.4 Å². The molecule has 0 aliphatic carbocycles. The number of carbonyl (C=O) groups is 2. The predicted octanol–water partition coefficient (Wildman–Crippen LogP) is 3.09. The minimum atomic E-state index is -0.579. The molecule has 1 amide bonds. The summed E-state index contributed by atoms with van der Waals surface area (Å²) in [4.78, 5) is 29.3. The molecular weight excluding hydrogens is 398 g/mol. The Morgan fingerprint density at radius 1 is 1.23 bits per heavy atom. The lowest BCUT2D eigenvalue weighted by atomic mass is 9.95. The van der Waals surface area contributed by atoms with E-state index >= 15 is 0 Å². The van der Waals surface area contributed by atoms with Gasteiger partial charge in [-0.1, -0.05) is 12.1 Å². The molecule has 3 N–H and O–H groups in total. The van der Waals surface area contributed by atoms with Crippen LogP contribution in [0.1, 0.15) is 35.8 Å². The van der Waals surface area contributed by atoms with E-state index in [0.717, 1.165) is 0 Å². The summed E-state index contributed by atoms with van der Waals surface area (Å²) in [7, 11) is 0. The largest absolute Gasteiger partial charge is 0.508 e. The van der Waals surface area contributed by atoms with Crippen molar-refractivity contribution in [2.24, 2.45) is 0 Å². The Balaban J connectivity index is 1.65. The van der Waals surface area contributed by atoms with Crippen molar-refractivity contribution >= 4 is 23.5 Å². The third-order valence-electron chi connectivity index (χ3n) is 4.88.